The predicted molar refractivity (Wildman–Crippen MR) is 128 cm³/mol. The van der Waals surface area contributed by atoms with Gasteiger partial charge in [0.25, 0.3) is 0 Å². The van der Waals surface area contributed by atoms with Crippen molar-refractivity contribution in [1.29, 1.82) is 0 Å². The van der Waals surface area contributed by atoms with Crippen molar-refractivity contribution < 1.29 is 0 Å². The quantitative estimate of drug-likeness (QED) is 0.343. The number of hydrogen-bond acceptors (Lipinski definition) is 1. The molecule has 1 heterocycles. The number of pyridine rings is 1. The molecular formula is C29H29N. The number of benzene rings is 3. The van der Waals surface area contributed by atoms with Crippen molar-refractivity contribution in [2.24, 2.45) is 0 Å². The minimum Gasteiger partial charge on any atom is -0.255 e. The van der Waals surface area contributed by atoms with Crippen LogP contribution in [0.4, 0.5) is 0 Å². The molecule has 1 fully saturated rings. The van der Waals surface area contributed by atoms with Gasteiger partial charge in [0, 0.05) is 22.7 Å². The molecule has 0 spiro atoms. The Balaban J connectivity index is 1.75. The second kappa shape index (κ2) is 7.72. The fourth-order valence-electron chi connectivity index (χ4n) is 5.08. The normalized spacial score (nSPS) is 14.5. The van der Waals surface area contributed by atoms with Gasteiger partial charge in [0.15, 0.2) is 0 Å². The maximum Gasteiger partial charge on any atom is 0.0780 e. The molecule has 0 bridgehead atoms. The van der Waals surface area contributed by atoms with Crippen molar-refractivity contribution in [2.45, 2.75) is 52.4 Å². The number of aryl methyl sites for hydroxylation is 3. The van der Waals surface area contributed by atoms with Crippen molar-refractivity contribution in [3.63, 3.8) is 0 Å². The van der Waals surface area contributed by atoms with Crippen LogP contribution in [0, 0.1) is 20.8 Å². The van der Waals surface area contributed by atoms with Crippen LogP contribution in [0.1, 0.15) is 53.9 Å². The van der Waals surface area contributed by atoms with Gasteiger partial charge >= 0.3 is 0 Å². The molecule has 1 aromatic heterocycles. The Labute approximate surface area is 179 Å². The lowest BCUT2D eigenvalue weighted by atomic mass is 9.90. The van der Waals surface area contributed by atoms with Gasteiger partial charge in [0.2, 0.25) is 0 Å². The summed E-state index contributed by atoms with van der Waals surface area (Å²) in [6.07, 6.45) is 7.44. The van der Waals surface area contributed by atoms with E-state index in [2.05, 4.69) is 87.6 Å². The molecule has 1 aliphatic rings. The molecule has 1 saturated carbocycles. The summed E-state index contributed by atoms with van der Waals surface area (Å²) in [5.41, 5.74) is 10.1. The molecule has 30 heavy (non-hydrogen) atoms. The van der Waals surface area contributed by atoms with Crippen molar-refractivity contribution in [2.75, 3.05) is 0 Å². The lowest BCUT2D eigenvalue weighted by Crippen LogP contribution is -1.96. The van der Waals surface area contributed by atoms with E-state index in [1.807, 2.05) is 0 Å². The molecule has 4 aromatic rings. The van der Waals surface area contributed by atoms with Crippen LogP contribution >= 0.6 is 0 Å². The van der Waals surface area contributed by atoms with E-state index in [1.54, 1.807) is 0 Å². The summed E-state index contributed by atoms with van der Waals surface area (Å²) >= 11 is 0. The van der Waals surface area contributed by atoms with Crippen molar-refractivity contribution in [3.05, 3.63) is 89.1 Å². The third kappa shape index (κ3) is 3.54. The minimum absolute atomic E-state index is 0.707. The Morgan fingerprint density at radius 1 is 0.667 bits per heavy atom. The van der Waals surface area contributed by atoms with E-state index < -0.39 is 0 Å². The first-order valence-electron chi connectivity index (χ1n) is 11.2. The average Bonchev–Trinajstić information content (AvgIpc) is 3.27. The molecule has 0 radical (unpaired) electrons. The van der Waals surface area contributed by atoms with Crippen LogP contribution in [-0.4, -0.2) is 4.98 Å². The molecule has 0 amide bonds. The fraction of sp³-hybridized carbons (Fsp3) is 0.276. The van der Waals surface area contributed by atoms with Gasteiger partial charge in [-0.1, -0.05) is 78.1 Å². The molecule has 1 nitrogen and oxygen atoms in total. The number of fused-ring (bicyclic) bond motifs is 1. The van der Waals surface area contributed by atoms with Crippen molar-refractivity contribution in [3.8, 4) is 22.4 Å². The van der Waals surface area contributed by atoms with E-state index in [-0.39, 0.29) is 0 Å². The summed E-state index contributed by atoms with van der Waals surface area (Å²) in [6.45, 7) is 6.47. The van der Waals surface area contributed by atoms with Crippen LogP contribution in [-0.2, 0) is 0 Å². The van der Waals surface area contributed by atoms with E-state index in [9.17, 15) is 0 Å². The van der Waals surface area contributed by atoms with Gasteiger partial charge in [0.05, 0.1) is 5.69 Å². The van der Waals surface area contributed by atoms with Gasteiger partial charge in [-0.05, 0) is 68.2 Å². The lowest BCUT2D eigenvalue weighted by Gasteiger charge is -2.16. The van der Waals surface area contributed by atoms with Gasteiger partial charge in [-0.15, -0.1) is 0 Å². The van der Waals surface area contributed by atoms with Crippen LogP contribution in [0.15, 0.2) is 66.9 Å². The largest absolute Gasteiger partial charge is 0.255 e. The Hall–Kier alpha value is -2.93. The maximum absolute atomic E-state index is 4.99. The summed E-state index contributed by atoms with van der Waals surface area (Å²) in [7, 11) is 0. The zero-order valence-corrected chi connectivity index (χ0v) is 18.2. The SMILES string of the molecule is Cc1ccc(-c2cnc(-c3cc(C)cc(C)c3)c3ccc(C4CCCC4)cc23)cc1. The summed E-state index contributed by atoms with van der Waals surface area (Å²) < 4.78 is 0. The van der Waals surface area contributed by atoms with Crippen LogP contribution in [0.2, 0.25) is 0 Å². The third-order valence-electron chi connectivity index (χ3n) is 6.60. The minimum atomic E-state index is 0.707. The Morgan fingerprint density at radius 3 is 2.07 bits per heavy atom. The van der Waals surface area contributed by atoms with E-state index >= 15 is 0 Å². The fourth-order valence-corrected chi connectivity index (χ4v) is 5.08. The first-order valence-corrected chi connectivity index (χ1v) is 11.2. The van der Waals surface area contributed by atoms with Gasteiger partial charge in [-0.3, -0.25) is 4.98 Å². The van der Waals surface area contributed by atoms with Crippen LogP contribution in [0.25, 0.3) is 33.2 Å². The number of aromatic nitrogens is 1. The predicted octanol–water partition coefficient (Wildman–Crippen LogP) is 8.15. The van der Waals surface area contributed by atoms with Crippen LogP contribution in [0.3, 0.4) is 0 Å². The second-order valence-electron chi connectivity index (χ2n) is 9.05. The Kier molecular flexibility index (Phi) is 4.90. The van der Waals surface area contributed by atoms with Gasteiger partial charge in [0.1, 0.15) is 0 Å². The van der Waals surface area contributed by atoms with E-state index in [1.165, 1.54) is 75.4 Å². The van der Waals surface area contributed by atoms with Gasteiger partial charge < -0.3 is 0 Å². The highest BCUT2D eigenvalue weighted by atomic mass is 14.7. The topological polar surface area (TPSA) is 12.9 Å². The molecule has 0 saturated heterocycles. The molecule has 0 unspecified atom stereocenters. The Morgan fingerprint density at radius 2 is 1.37 bits per heavy atom. The van der Waals surface area contributed by atoms with Crippen molar-refractivity contribution in [1.82, 2.24) is 4.98 Å². The Bertz CT molecular complexity index is 1190. The van der Waals surface area contributed by atoms with Crippen LogP contribution < -0.4 is 0 Å². The van der Waals surface area contributed by atoms with E-state index in [0.29, 0.717) is 5.92 Å². The molecule has 150 valence electrons. The molecule has 5 rings (SSSR count). The number of rotatable bonds is 3. The standard InChI is InChI=1S/C29H29N/c1-19-8-10-23(11-9-19)28-18-30-29(25-15-20(2)14-21(3)16-25)26-13-12-24(17-27(26)28)22-6-4-5-7-22/h8-18,22H,4-7H2,1-3H3. The van der Waals surface area contributed by atoms with Crippen LogP contribution in [0.5, 0.6) is 0 Å². The monoisotopic (exact) mass is 391 g/mol. The molecular weight excluding hydrogens is 362 g/mol. The lowest BCUT2D eigenvalue weighted by molar-refractivity contribution is 0.724. The van der Waals surface area contributed by atoms with E-state index in [0.717, 1.165) is 5.69 Å². The van der Waals surface area contributed by atoms with Gasteiger partial charge in [-0.25, -0.2) is 0 Å². The van der Waals surface area contributed by atoms with Gasteiger partial charge in [-0.2, -0.15) is 0 Å². The number of hydrogen-bond donors (Lipinski definition) is 0. The maximum atomic E-state index is 4.99. The summed E-state index contributed by atoms with van der Waals surface area (Å²) in [4.78, 5) is 4.99. The average molecular weight is 392 g/mol. The molecule has 0 aliphatic heterocycles. The molecule has 0 N–H and O–H groups in total. The first kappa shape index (κ1) is 19.1. The zero-order chi connectivity index (χ0) is 20.7. The summed E-state index contributed by atoms with van der Waals surface area (Å²) in [6, 6.07) is 22.7. The third-order valence-corrected chi connectivity index (χ3v) is 6.60. The first-order chi connectivity index (χ1) is 14.6. The summed E-state index contributed by atoms with van der Waals surface area (Å²) in [5, 5.41) is 2.58. The highest BCUT2D eigenvalue weighted by Crippen LogP contribution is 2.39. The summed E-state index contributed by atoms with van der Waals surface area (Å²) in [5.74, 6) is 0.707. The number of nitrogens with zero attached hydrogens (tertiary/aromatic N) is 1. The highest BCUT2D eigenvalue weighted by molar-refractivity contribution is 6.03. The zero-order valence-electron chi connectivity index (χ0n) is 18.2. The van der Waals surface area contributed by atoms with E-state index in [4.69, 9.17) is 4.98 Å². The highest BCUT2D eigenvalue weighted by Gasteiger charge is 2.19. The molecule has 0 atom stereocenters. The second-order valence-corrected chi connectivity index (χ2v) is 9.05. The smallest absolute Gasteiger partial charge is 0.0780 e. The van der Waals surface area contributed by atoms with Crippen molar-refractivity contribution >= 4 is 10.8 Å². The molecule has 1 heteroatoms. The molecule has 1 aliphatic carbocycles. The molecule has 3 aromatic carbocycles.